The van der Waals surface area contributed by atoms with E-state index >= 15 is 0 Å². The molecule has 0 N–H and O–H groups in total. The predicted molar refractivity (Wildman–Crippen MR) is 87.5 cm³/mol. The standard InChI is InChI=1S/C19H15FO2S/c20-17-10-6-15(7-11-17)14-16-8-12-19(13-9-16)23(21,22)18-4-2-1-3-5-18/h1-13H,14H2. The normalized spacial score (nSPS) is 11.3. The maximum Gasteiger partial charge on any atom is 0.206 e. The molecule has 0 unspecified atom stereocenters. The molecule has 0 aromatic heterocycles. The van der Waals surface area contributed by atoms with Gasteiger partial charge in [-0.15, -0.1) is 0 Å². The van der Waals surface area contributed by atoms with Gasteiger partial charge in [-0.2, -0.15) is 0 Å². The third kappa shape index (κ3) is 3.48. The van der Waals surface area contributed by atoms with Crippen LogP contribution >= 0.6 is 0 Å². The topological polar surface area (TPSA) is 34.1 Å². The minimum Gasteiger partial charge on any atom is -0.219 e. The molecule has 23 heavy (non-hydrogen) atoms. The van der Waals surface area contributed by atoms with Crippen molar-refractivity contribution in [2.45, 2.75) is 16.2 Å². The van der Waals surface area contributed by atoms with Crippen LogP contribution in [0.15, 0.2) is 88.7 Å². The van der Waals surface area contributed by atoms with Gasteiger partial charge in [0.15, 0.2) is 0 Å². The predicted octanol–water partition coefficient (Wildman–Crippen LogP) is 4.25. The van der Waals surface area contributed by atoms with E-state index < -0.39 is 9.84 Å². The summed E-state index contributed by atoms with van der Waals surface area (Å²) in [4.78, 5) is 0.554. The number of sulfone groups is 1. The highest BCUT2D eigenvalue weighted by atomic mass is 32.2. The summed E-state index contributed by atoms with van der Waals surface area (Å²) in [6, 6.07) is 21.5. The second-order valence-electron chi connectivity index (χ2n) is 5.26. The molecule has 0 spiro atoms. The summed E-state index contributed by atoms with van der Waals surface area (Å²) in [5.41, 5.74) is 1.95. The van der Waals surface area contributed by atoms with Crippen LogP contribution < -0.4 is 0 Å². The molecule has 3 aromatic rings. The first-order valence-corrected chi connectivity index (χ1v) is 8.67. The molecule has 0 saturated carbocycles. The van der Waals surface area contributed by atoms with Crippen molar-refractivity contribution in [2.24, 2.45) is 0 Å². The maximum atomic E-state index is 12.9. The fourth-order valence-electron chi connectivity index (χ4n) is 2.36. The van der Waals surface area contributed by atoms with Crippen molar-refractivity contribution >= 4 is 9.84 Å². The lowest BCUT2D eigenvalue weighted by Gasteiger charge is -2.06. The maximum absolute atomic E-state index is 12.9. The Labute approximate surface area is 135 Å². The smallest absolute Gasteiger partial charge is 0.206 e. The minimum atomic E-state index is -3.48. The average Bonchev–Trinajstić information content (AvgIpc) is 2.58. The third-order valence-corrected chi connectivity index (χ3v) is 5.39. The Morgan fingerprint density at radius 2 is 1.13 bits per heavy atom. The lowest BCUT2D eigenvalue weighted by molar-refractivity contribution is 0.596. The number of rotatable bonds is 4. The largest absolute Gasteiger partial charge is 0.219 e. The molecule has 0 radical (unpaired) electrons. The molecule has 116 valence electrons. The van der Waals surface area contributed by atoms with Crippen LogP contribution in [0.5, 0.6) is 0 Å². The van der Waals surface area contributed by atoms with E-state index in [0.717, 1.165) is 11.1 Å². The summed E-state index contributed by atoms with van der Waals surface area (Å²) in [5, 5.41) is 0. The molecule has 0 saturated heterocycles. The summed E-state index contributed by atoms with van der Waals surface area (Å²) in [6.45, 7) is 0. The van der Waals surface area contributed by atoms with Gasteiger partial charge in [0.25, 0.3) is 0 Å². The van der Waals surface area contributed by atoms with Crippen LogP contribution in [0.3, 0.4) is 0 Å². The van der Waals surface area contributed by atoms with Gasteiger partial charge >= 0.3 is 0 Å². The van der Waals surface area contributed by atoms with E-state index in [-0.39, 0.29) is 15.6 Å². The van der Waals surface area contributed by atoms with Crippen molar-refractivity contribution in [2.75, 3.05) is 0 Å². The van der Waals surface area contributed by atoms with E-state index in [1.54, 1.807) is 66.7 Å². The van der Waals surface area contributed by atoms with Crippen LogP contribution in [0.1, 0.15) is 11.1 Å². The molecular weight excluding hydrogens is 311 g/mol. The van der Waals surface area contributed by atoms with Crippen LogP contribution in [0.4, 0.5) is 4.39 Å². The van der Waals surface area contributed by atoms with Gasteiger partial charge in [-0.05, 0) is 53.9 Å². The van der Waals surface area contributed by atoms with Gasteiger partial charge in [-0.25, -0.2) is 12.8 Å². The van der Waals surface area contributed by atoms with Crippen LogP contribution in [0.2, 0.25) is 0 Å². The zero-order chi connectivity index (χ0) is 16.3. The van der Waals surface area contributed by atoms with E-state index in [1.807, 2.05) is 0 Å². The number of hydrogen-bond acceptors (Lipinski definition) is 2. The molecule has 0 fully saturated rings. The molecule has 0 aliphatic carbocycles. The zero-order valence-corrected chi connectivity index (χ0v) is 13.1. The molecule has 0 aliphatic rings. The lowest BCUT2D eigenvalue weighted by atomic mass is 10.1. The number of hydrogen-bond donors (Lipinski definition) is 0. The Morgan fingerprint density at radius 1 is 0.652 bits per heavy atom. The highest BCUT2D eigenvalue weighted by Gasteiger charge is 2.16. The van der Waals surface area contributed by atoms with Crippen LogP contribution in [0.25, 0.3) is 0 Å². The van der Waals surface area contributed by atoms with Gasteiger partial charge < -0.3 is 0 Å². The first-order chi connectivity index (χ1) is 11.1. The van der Waals surface area contributed by atoms with Crippen molar-refractivity contribution < 1.29 is 12.8 Å². The van der Waals surface area contributed by atoms with Crippen LogP contribution in [0, 0.1) is 5.82 Å². The monoisotopic (exact) mass is 326 g/mol. The van der Waals surface area contributed by atoms with E-state index in [0.29, 0.717) is 6.42 Å². The van der Waals surface area contributed by atoms with Gasteiger partial charge in [-0.1, -0.05) is 42.5 Å². The Hall–Kier alpha value is -2.46. The zero-order valence-electron chi connectivity index (χ0n) is 12.3. The first kappa shape index (κ1) is 15.4. The highest BCUT2D eigenvalue weighted by molar-refractivity contribution is 7.91. The summed E-state index contributed by atoms with van der Waals surface area (Å²) in [5.74, 6) is -0.266. The lowest BCUT2D eigenvalue weighted by Crippen LogP contribution is -2.01. The minimum absolute atomic E-state index is 0.266. The van der Waals surface area contributed by atoms with Crippen LogP contribution in [-0.4, -0.2) is 8.42 Å². The van der Waals surface area contributed by atoms with Crippen molar-refractivity contribution in [3.63, 3.8) is 0 Å². The molecule has 2 nitrogen and oxygen atoms in total. The fourth-order valence-corrected chi connectivity index (χ4v) is 3.64. The fraction of sp³-hybridized carbons (Fsp3) is 0.0526. The van der Waals surface area contributed by atoms with Crippen molar-refractivity contribution in [1.82, 2.24) is 0 Å². The quantitative estimate of drug-likeness (QED) is 0.718. The molecule has 3 aromatic carbocycles. The summed E-state index contributed by atoms with van der Waals surface area (Å²) < 4.78 is 37.9. The molecule has 3 rings (SSSR count). The van der Waals surface area contributed by atoms with Gasteiger partial charge in [0.1, 0.15) is 5.82 Å². The Bertz CT molecular complexity index is 884. The summed E-state index contributed by atoms with van der Waals surface area (Å²) >= 11 is 0. The van der Waals surface area contributed by atoms with E-state index in [2.05, 4.69) is 0 Å². The highest BCUT2D eigenvalue weighted by Crippen LogP contribution is 2.21. The van der Waals surface area contributed by atoms with Crippen LogP contribution in [-0.2, 0) is 16.3 Å². The van der Waals surface area contributed by atoms with Gasteiger partial charge in [0, 0.05) is 0 Å². The Balaban J connectivity index is 1.83. The average molecular weight is 326 g/mol. The molecule has 0 amide bonds. The SMILES string of the molecule is O=S(=O)(c1ccccc1)c1ccc(Cc2ccc(F)cc2)cc1. The molecule has 0 heterocycles. The summed E-state index contributed by atoms with van der Waals surface area (Å²) in [7, 11) is -3.48. The van der Waals surface area contributed by atoms with Crippen molar-refractivity contribution in [3.8, 4) is 0 Å². The van der Waals surface area contributed by atoms with E-state index in [4.69, 9.17) is 0 Å². The van der Waals surface area contributed by atoms with Crippen molar-refractivity contribution in [1.29, 1.82) is 0 Å². The molecule has 4 heteroatoms. The molecule has 0 aliphatic heterocycles. The Kier molecular flexibility index (Phi) is 4.26. The molecule has 0 bridgehead atoms. The molecule has 0 atom stereocenters. The van der Waals surface area contributed by atoms with Gasteiger partial charge in [0.2, 0.25) is 9.84 Å². The van der Waals surface area contributed by atoms with Gasteiger partial charge in [-0.3, -0.25) is 0 Å². The summed E-state index contributed by atoms with van der Waals surface area (Å²) in [6.07, 6.45) is 0.631. The van der Waals surface area contributed by atoms with Crippen molar-refractivity contribution in [3.05, 3.63) is 95.8 Å². The second kappa shape index (κ2) is 6.34. The number of benzene rings is 3. The Morgan fingerprint density at radius 3 is 1.70 bits per heavy atom. The number of halogens is 1. The third-order valence-electron chi connectivity index (χ3n) is 3.61. The van der Waals surface area contributed by atoms with E-state index in [1.165, 1.54) is 12.1 Å². The first-order valence-electron chi connectivity index (χ1n) is 7.19. The van der Waals surface area contributed by atoms with E-state index in [9.17, 15) is 12.8 Å². The second-order valence-corrected chi connectivity index (χ2v) is 7.21. The molecular formula is C19H15FO2S. The van der Waals surface area contributed by atoms with Gasteiger partial charge in [0.05, 0.1) is 9.79 Å².